The van der Waals surface area contributed by atoms with Crippen molar-refractivity contribution in [2.24, 2.45) is 17.6 Å². The summed E-state index contributed by atoms with van der Waals surface area (Å²) in [6.45, 7) is 6.14. The molecule has 20 heavy (non-hydrogen) atoms. The highest BCUT2D eigenvalue weighted by atomic mass is 16.3. The van der Waals surface area contributed by atoms with E-state index in [1.807, 2.05) is 19.0 Å². The van der Waals surface area contributed by atoms with Crippen molar-refractivity contribution in [3.63, 3.8) is 0 Å². The van der Waals surface area contributed by atoms with Crippen LogP contribution in [0.3, 0.4) is 0 Å². The van der Waals surface area contributed by atoms with E-state index in [1.54, 1.807) is 0 Å². The molecule has 0 radical (unpaired) electrons. The SMILES string of the molecule is CC(C)CC(CN)CC(=O)N1CC(O)CC1CN(C)C. The van der Waals surface area contributed by atoms with Crippen LogP contribution in [-0.2, 0) is 4.79 Å². The van der Waals surface area contributed by atoms with Gasteiger partial charge in [0.15, 0.2) is 0 Å². The number of aliphatic hydroxyl groups is 1. The topological polar surface area (TPSA) is 69.8 Å². The monoisotopic (exact) mass is 285 g/mol. The minimum Gasteiger partial charge on any atom is -0.391 e. The van der Waals surface area contributed by atoms with E-state index in [0.29, 0.717) is 31.8 Å². The number of β-amino-alcohol motifs (C(OH)–C–C–N with tert-alkyl or cyclic N) is 1. The van der Waals surface area contributed by atoms with Crippen LogP contribution >= 0.6 is 0 Å². The van der Waals surface area contributed by atoms with Gasteiger partial charge in [-0.3, -0.25) is 4.79 Å². The van der Waals surface area contributed by atoms with Gasteiger partial charge in [0.2, 0.25) is 5.91 Å². The Morgan fingerprint density at radius 2 is 2.10 bits per heavy atom. The van der Waals surface area contributed by atoms with Gasteiger partial charge in [0, 0.05) is 25.6 Å². The average molecular weight is 285 g/mol. The number of rotatable bonds is 7. The van der Waals surface area contributed by atoms with Gasteiger partial charge in [-0.1, -0.05) is 13.8 Å². The zero-order valence-electron chi connectivity index (χ0n) is 13.4. The first-order chi connectivity index (χ1) is 9.33. The summed E-state index contributed by atoms with van der Waals surface area (Å²) >= 11 is 0. The molecule has 0 aliphatic carbocycles. The van der Waals surface area contributed by atoms with Crippen molar-refractivity contribution in [1.29, 1.82) is 0 Å². The number of carbonyl (C=O) groups is 1. The molecule has 0 aromatic rings. The number of carbonyl (C=O) groups excluding carboxylic acids is 1. The molecule has 3 N–H and O–H groups in total. The fraction of sp³-hybridized carbons (Fsp3) is 0.933. The lowest BCUT2D eigenvalue weighted by Crippen LogP contribution is -2.42. The maximum atomic E-state index is 12.5. The van der Waals surface area contributed by atoms with E-state index in [4.69, 9.17) is 5.73 Å². The summed E-state index contributed by atoms with van der Waals surface area (Å²) in [5, 5.41) is 9.83. The van der Waals surface area contributed by atoms with Gasteiger partial charge in [0.1, 0.15) is 0 Å². The summed E-state index contributed by atoms with van der Waals surface area (Å²) in [6, 6.07) is 0.130. The molecule has 0 aromatic heterocycles. The zero-order valence-corrected chi connectivity index (χ0v) is 13.4. The highest BCUT2D eigenvalue weighted by Crippen LogP contribution is 2.22. The second kappa shape index (κ2) is 7.96. The van der Waals surface area contributed by atoms with Crippen LogP contribution in [0.5, 0.6) is 0 Å². The van der Waals surface area contributed by atoms with E-state index < -0.39 is 0 Å². The molecule has 3 atom stereocenters. The predicted octanol–water partition coefficient (Wildman–Crippen LogP) is 0.521. The summed E-state index contributed by atoms with van der Waals surface area (Å²) in [4.78, 5) is 16.4. The number of likely N-dealkylation sites (tertiary alicyclic amines) is 1. The first-order valence-corrected chi connectivity index (χ1v) is 7.65. The Morgan fingerprint density at radius 3 is 2.60 bits per heavy atom. The van der Waals surface area contributed by atoms with Crippen molar-refractivity contribution in [3.05, 3.63) is 0 Å². The minimum absolute atomic E-state index is 0.130. The summed E-state index contributed by atoms with van der Waals surface area (Å²) in [6.07, 6.45) is 1.79. The van der Waals surface area contributed by atoms with Crippen LogP contribution in [0, 0.1) is 11.8 Å². The Morgan fingerprint density at radius 1 is 1.45 bits per heavy atom. The Labute approximate surface area is 123 Å². The number of hydrogen-bond donors (Lipinski definition) is 2. The Hall–Kier alpha value is -0.650. The molecular formula is C15H31N3O2. The molecule has 0 spiro atoms. The largest absolute Gasteiger partial charge is 0.391 e. The van der Waals surface area contributed by atoms with E-state index in [2.05, 4.69) is 18.7 Å². The first-order valence-electron chi connectivity index (χ1n) is 7.65. The van der Waals surface area contributed by atoms with Crippen LogP contribution in [0.4, 0.5) is 0 Å². The summed E-state index contributed by atoms with van der Waals surface area (Å²) in [7, 11) is 3.99. The number of hydrogen-bond acceptors (Lipinski definition) is 4. The molecule has 1 fully saturated rings. The molecule has 1 saturated heterocycles. The standard InChI is InChI=1S/C15H31N3O2/c1-11(2)5-12(8-16)6-15(20)18-10-14(19)7-13(18)9-17(3)4/h11-14,19H,5-10,16H2,1-4H3. The third kappa shape index (κ3) is 5.38. The van der Waals surface area contributed by atoms with E-state index in [9.17, 15) is 9.90 Å². The Kier molecular flexibility index (Phi) is 6.92. The van der Waals surface area contributed by atoms with Gasteiger partial charge in [-0.05, 0) is 45.3 Å². The fourth-order valence-electron chi connectivity index (χ4n) is 3.09. The lowest BCUT2D eigenvalue weighted by Gasteiger charge is -2.28. The second-order valence-corrected chi connectivity index (χ2v) is 6.79. The molecule has 1 aliphatic rings. The zero-order chi connectivity index (χ0) is 15.3. The van der Waals surface area contributed by atoms with Crippen molar-refractivity contribution in [3.8, 4) is 0 Å². The molecule has 1 heterocycles. The molecule has 0 saturated carbocycles. The van der Waals surface area contributed by atoms with E-state index in [0.717, 1.165) is 13.0 Å². The molecule has 1 aliphatic heterocycles. The maximum Gasteiger partial charge on any atom is 0.223 e. The van der Waals surface area contributed by atoms with Gasteiger partial charge in [-0.15, -0.1) is 0 Å². The number of nitrogens with two attached hydrogens (primary N) is 1. The van der Waals surface area contributed by atoms with Crippen LogP contribution in [0.2, 0.25) is 0 Å². The summed E-state index contributed by atoms with van der Waals surface area (Å²) < 4.78 is 0. The maximum absolute atomic E-state index is 12.5. The van der Waals surface area contributed by atoms with E-state index in [1.165, 1.54) is 0 Å². The normalized spacial score (nSPS) is 24.7. The Bertz CT molecular complexity index is 307. The molecule has 118 valence electrons. The average Bonchev–Trinajstić information content (AvgIpc) is 2.67. The van der Waals surface area contributed by atoms with Gasteiger partial charge >= 0.3 is 0 Å². The summed E-state index contributed by atoms with van der Waals surface area (Å²) in [5.74, 6) is 0.947. The molecule has 0 bridgehead atoms. The lowest BCUT2D eigenvalue weighted by molar-refractivity contribution is -0.133. The van der Waals surface area contributed by atoms with Crippen LogP contribution in [0.1, 0.15) is 33.1 Å². The molecule has 1 amide bonds. The molecule has 5 heteroatoms. The number of aliphatic hydroxyl groups excluding tert-OH is 1. The van der Waals surface area contributed by atoms with Crippen molar-refractivity contribution >= 4 is 5.91 Å². The highest BCUT2D eigenvalue weighted by Gasteiger charge is 2.34. The molecule has 0 aromatic carbocycles. The highest BCUT2D eigenvalue weighted by molar-refractivity contribution is 5.77. The molecule has 5 nitrogen and oxygen atoms in total. The third-order valence-corrected chi connectivity index (χ3v) is 3.89. The molecular weight excluding hydrogens is 254 g/mol. The molecule has 3 unspecified atom stereocenters. The predicted molar refractivity (Wildman–Crippen MR) is 81.3 cm³/mol. The van der Waals surface area contributed by atoms with Crippen LogP contribution < -0.4 is 5.73 Å². The quantitative estimate of drug-likeness (QED) is 0.715. The van der Waals surface area contributed by atoms with Gasteiger partial charge in [0.05, 0.1) is 6.10 Å². The minimum atomic E-state index is -0.384. The lowest BCUT2D eigenvalue weighted by atomic mass is 9.93. The van der Waals surface area contributed by atoms with Gasteiger partial charge in [-0.2, -0.15) is 0 Å². The van der Waals surface area contributed by atoms with Gasteiger partial charge in [0.25, 0.3) is 0 Å². The van der Waals surface area contributed by atoms with Gasteiger partial charge < -0.3 is 20.6 Å². The van der Waals surface area contributed by atoms with Gasteiger partial charge in [-0.25, -0.2) is 0 Å². The van der Waals surface area contributed by atoms with Crippen LogP contribution in [0.15, 0.2) is 0 Å². The van der Waals surface area contributed by atoms with E-state index >= 15 is 0 Å². The Balaban J connectivity index is 2.59. The number of amides is 1. The second-order valence-electron chi connectivity index (χ2n) is 6.79. The summed E-state index contributed by atoms with van der Waals surface area (Å²) in [5.41, 5.74) is 5.78. The van der Waals surface area contributed by atoms with Crippen LogP contribution in [-0.4, -0.2) is 66.7 Å². The number of likely N-dealkylation sites (N-methyl/N-ethyl adjacent to an activating group) is 1. The van der Waals surface area contributed by atoms with Crippen molar-refractivity contribution in [2.45, 2.75) is 45.3 Å². The number of nitrogens with zero attached hydrogens (tertiary/aromatic N) is 2. The molecule has 1 rings (SSSR count). The fourth-order valence-corrected chi connectivity index (χ4v) is 3.09. The van der Waals surface area contributed by atoms with Crippen molar-refractivity contribution < 1.29 is 9.90 Å². The van der Waals surface area contributed by atoms with E-state index in [-0.39, 0.29) is 24.0 Å². The first kappa shape index (κ1) is 17.4. The third-order valence-electron chi connectivity index (χ3n) is 3.89. The smallest absolute Gasteiger partial charge is 0.223 e. The van der Waals surface area contributed by atoms with Crippen molar-refractivity contribution in [1.82, 2.24) is 9.80 Å². The van der Waals surface area contributed by atoms with Crippen molar-refractivity contribution in [2.75, 3.05) is 33.7 Å². The van der Waals surface area contributed by atoms with Crippen LogP contribution in [0.25, 0.3) is 0 Å².